The van der Waals surface area contributed by atoms with Gasteiger partial charge in [0.2, 0.25) is 6.17 Å². The second kappa shape index (κ2) is 10.6. The first kappa shape index (κ1) is 26.2. The van der Waals surface area contributed by atoms with Crippen LogP contribution in [0.15, 0.2) is 18.2 Å². The van der Waals surface area contributed by atoms with Gasteiger partial charge in [-0.25, -0.2) is 31.9 Å². The second-order valence-electron chi connectivity index (χ2n) is 8.91. The first-order valence-electron chi connectivity index (χ1n) is 11.7. The summed E-state index contributed by atoms with van der Waals surface area (Å²) in [6.07, 6.45) is -5.36. The third-order valence-electron chi connectivity index (χ3n) is 6.30. The largest absolute Gasteiger partial charge is 0.363 e. The molecule has 4 rings (SSSR count). The molecule has 0 spiro atoms. The van der Waals surface area contributed by atoms with Gasteiger partial charge in [0, 0.05) is 5.56 Å². The SMILES string of the molecule is CCC(Nc1nc(C)nc(C(F)C(=O)NC2(CF)CC2)c1C1OCCO1)c1cccc(C(F)F)c1F. The fraction of sp³-hybridized carbons (Fsp3) is 0.542. The van der Waals surface area contributed by atoms with Crippen LogP contribution < -0.4 is 10.6 Å². The van der Waals surface area contributed by atoms with E-state index in [-0.39, 0.29) is 48.1 Å². The number of alkyl halides is 4. The molecule has 2 aromatic rings. The van der Waals surface area contributed by atoms with Gasteiger partial charge in [-0.2, -0.15) is 0 Å². The van der Waals surface area contributed by atoms with Crippen LogP contribution >= 0.6 is 0 Å². The fourth-order valence-electron chi connectivity index (χ4n) is 4.13. The van der Waals surface area contributed by atoms with Crippen molar-refractivity contribution in [1.29, 1.82) is 0 Å². The smallest absolute Gasteiger partial charge is 0.266 e. The van der Waals surface area contributed by atoms with Crippen molar-refractivity contribution in [3.8, 4) is 0 Å². The van der Waals surface area contributed by atoms with Gasteiger partial charge >= 0.3 is 0 Å². The van der Waals surface area contributed by atoms with E-state index < -0.39 is 54.4 Å². The maximum Gasteiger partial charge on any atom is 0.266 e. The minimum atomic E-state index is -3.00. The van der Waals surface area contributed by atoms with Gasteiger partial charge in [-0.1, -0.05) is 25.1 Å². The van der Waals surface area contributed by atoms with Gasteiger partial charge in [0.05, 0.1) is 41.6 Å². The monoisotopic (exact) mass is 514 g/mol. The normalized spacial score (nSPS) is 18.8. The summed E-state index contributed by atoms with van der Waals surface area (Å²) < 4.78 is 81.4. The molecule has 1 aliphatic heterocycles. The van der Waals surface area contributed by atoms with Crippen molar-refractivity contribution in [3.05, 3.63) is 52.2 Å². The number of halogens is 5. The molecule has 1 amide bonds. The summed E-state index contributed by atoms with van der Waals surface area (Å²) in [5, 5.41) is 5.39. The molecule has 2 atom stereocenters. The highest BCUT2D eigenvalue weighted by atomic mass is 19.3. The summed E-state index contributed by atoms with van der Waals surface area (Å²) in [6, 6.07) is 2.87. The predicted molar refractivity (Wildman–Crippen MR) is 119 cm³/mol. The van der Waals surface area contributed by atoms with Crippen LogP contribution in [0.1, 0.15) is 79.3 Å². The van der Waals surface area contributed by atoms with Crippen LogP contribution in [0.25, 0.3) is 0 Å². The Balaban J connectivity index is 1.73. The Kier molecular flexibility index (Phi) is 7.74. The van der Waals surface area contributed by atoms with Gasteiger partial charge in [-0.15, -0.1) is 0 Å². The summed E-state index contributed by atoms with van der Waals surface area (Å²) in [5.41, 5.74) is -2.17. The van der Waals surface area contributed by atoms with Crippen LogP contribution in [0.2, 0.25) is 0 Å². The first-order valence-corrected chi connectivity index (χ1v) is 11.7. The third-order valence-corrected chi connectivity index (χ3v) is 6.30. The Morgan fingerprint density at radius 2 is 1.83 bits per heavy atom. The maximum atomic E-state index is 15.5. The van der Waals surface area contributed by atoms with E-state index in [9.17, 15) is 22.4 Å². The van der Waals surface area contributed by atoms with Crippen molar-refractivity contribution in [1.82, 2.24) is 15.3 Å². The van der Waals surface area contributed by atoms with Crippen LogP contribution in [-0.2, 0) is 14.3 Å². The molecular weight excluding hydrogens is 487 g/mol. The number of carbonyl (C=O) groups excluding carboxylic acids is 1. The van der Waals surface area contributed by atoms with Gasteiger partial charge in [-0.3, -0.25) is 4.79 Å². The zero-order valence-corrected chi connectivity index (χ0v) is 19.8. The lowest BCUT2D eigenvalue weighted by molar-refractivity contribution is -0.127. The molecular formula is C24H27F5N4O3. The number of aryl methyl sites for hydroxylation is 1. The number of hydrogen-bond acceptors (Lipinski definition) is 6. The van der Waals surface area contributed by atoms with Gasteiger partial charge in [0.1, 0.15) is 24.1 Å². The zero-order valence-electron chi connectivity index (χ0n) is 19.8. The lowest BCUT2D eigenvalue weighted by Crippen LogP contribution is -2.41. The van der Waals surface area contributed by atoms with E-state index in [1.807, 2.05) is 0 Å². The molecule has 36 heavy (non-hydrogen) atoms. The van der Waals surface area contributed by atoms with Gasteiger partial charge < -0.3 is 20.1 Å². The predicted octanol–water partition coefficient (Wildman–Crippen LogP) is 5.10. The molecule has 2 N–H and O–H groups in total. The summed E-state index contributed by atoms with van der Waals surface area (Å²) in [4.78, 5) is 21.1. The molecule has 1 aliphatic carbocycles. The lowest BCUT2D eigenvalue weighted by Gasteiger charge is -2.25. The van der Waals surface area contributed by atoms with E-state index in [1.165, 1.54) is 19.1 Å². The van der Waals surface area contributed by atoms with Crippen molar-refractivity contribution < 1.29 is 36.2 Å². The Labute approximate surface area is 204 Å². The van der Waals surface area contributed by atoms with E-state index in [4.69, 9.17) is 9.47 Å². The van der Waals surface area contributed by atoms with Crippen LogP contribution in [0.4, 0.5) is 27.8 Å². The summed E-state index contributed by atoms with van der Waals surface area (Å²) in [7, 11) is 0. The average Bonchev–Trinajstić information content (AvgIpc) is 3.41. The molecule has 0 bridgehead atoms. The molecule has 2 unspecified atom stereocenters. The summed E-state index contributed by atoms with van der Waals surface area (Å²) in [5.74, 6) is -2.01. The van der Waals surface area contributed by atoms with Crippen molar-refractivity contribution in [2.75, 3.05) is 25.2 Å². The Morgan fingerprint density at radius 3 is 2.42 bits per heavy atom. The molecule has 2 heterocycles. The number of nitrogens with zero attached hydrogens (tertiary/aromatic N) is 2. The van der Waals surface area contributed by atoms with Crippen LogP contribution in [0.3, 0.4) is 0 Å². The van der Waals surface area contributed by atoms with Crippen molar-refractivity contribution in [2.45, 2.75) is 63.6 Å². The number of nitrogens with one attached hydrogen (secondary N) is 2. The molecule has 0 radical (unpaired) electrons. The Hall–Kier alpha value is -2.86. The molecule has 1 saturated carbocycles. The van der Waals surface area contributed by atoms with Gasteiger partial charge in [-0.05, 0) is 26.2 Å². The van der Waals surface area contributed by atoms with E-state index >= 15 is 4.39 Å². The standard InChI is InChI=1S/C24H27F5N4O3/c1-3-15(13-5-4-6-14(17(13)26)20(28)29)32-21-16(23-35-9-10-36-23)19(30-12(2)31-21)18(27)22(34)33-24(11-25)7-8-24/h4-6,15,18,20,23H,3,7-11H2,1-2H3,(H,33,34)(H,30,31,32). The Bertz CT molecular complexity index is 1110. The molecule has 196 valence electrons. The van der Waals surface area contributed by atoms with Crippen molar-refractivity contribution >= 4 is 11.7 Å². The minimum Gasteiger partial charge on any atom is -0.363 e. The number of rotatable bonds is 10. The lowest BCUT2D eigenvalue weighted by atomic mass is 10.00. The number of ether oxygens (including phenoxy) is 2. The second-order valence-corrected chi connectivity index (χ2v) is 8.91. The zero-order chi connectivity index (χ0) is 26.0. The van der Waals surface area contributed by atoms with E-state index in [2.05, 4.69) is 20.6 Å². The highest BCUT2D eigenvalue weighted by molar-refractivity contribution is 5.83. The van der Waals surface area contributed by atoms with Crippen molar-refractivity contribution in [2.24, 2.45) is 0 Å². The van der Waals surface area contributed by atoms with E-state index in [0.717, 1.165) is 6.07 Å². The Morgan fingerprint density at radius 1 is 1.17 bits per heavy atom. The number of amides is 1. The van der Waals surface area contributed by atoms with Crippen LogP contribution in [0.5, 0.6) is 0 Å². The number of anilines is 1. The molecule has 2 aliphatic rings. The fourth-order valence-corrected chi connectivity index (χ4v) is 4.13. The van der Waals surface area contributed by atoms with Crippen LogP contribution in [0, 0.1) is 12.7 Å². The molecule has 12 heteroatoms. The van der Waals surface area contributed by atoms with E-state index in [0.29, 0.717) is 12.8 Å². The summed E-state index contributed by atoms with van der Waals surface area (Å²) in [6.45, 7) is 2.74. The van der Waals surface area contributed by atoms with Gasteiger partial charge in [0.15, 0.2) is 6.29 Å². The molecule has 1 aromatic carbocycles. The quantitative estimate of drug-likeness (QED) is 0.429. The first-order chi connectivity index (χ1) is 17.2. The topological polar surface area (TPSA) is 85.4 Å². The highest BCUT2D eigenvalue weighted by Crippen LogP contribution is 2.40. The average molecular weight is 514 g/mol. The number of benzene rings is 1. The molecule has 1 aromatic heterocycles. The molecule has 1 saturated heterocycles. The molecule has 7 nitrogen and oxygen atoms in total. The van der Waals surface area contributed by atoms with Crippen LogP contribution in [-0.4, -0.2) is 41.3 Å². The van der Waals surface area contributed by atoms with Crippen molar-refractivity contribution in [3.63, 3.8) is 0 Å². The third kappa shape index (κ3) is 5.29. The maximum absolute atomic E-state index is 15.5. The van der Waals surface area contributed by atoms with E-state index in [1.54, 1.807) is 6.92 Å². The number of hydrogen-bond donors (Lipinski definition) is 2. The minimum absolute atomic E-state index is 0.00489. The van der Waals surface area contributed by atoms with Gasteiger partial charge in [0.25, 0.3) is 12.3 Å². The number of aromatic nitrogens is 2. The highest BCUT2D eigenvalue weighted by Gasteiger charge is 2.46. The summed E-state index contributed by atoms with van der Waals surface area (Å²) >= 11 is 0. The molecule has 2 fully saturated rings. The number of carbonyl (C=O) groups is 1.